The number of anilines is 1. The van der Waals surface area contributed by atoms with Gasteiger partial charge in [-0.05, 0) is 65.8 Å². The lowest BCUT2D eigenvalue weighted by molar-refractivity contribution is -0.132. The van der Waals surface area contributed by atoms with Crippen molar-refractivity contribution in [1.29, 1.82) is 0 Å². The van der Waals surface area contributed by atoms with Gasteiger partial charge in [-0.15, -0.1) is 0 Å². The standard InChI is InChI=1S/C35H47F2N5O5S/c1-23(2)21-42(48(46,47)28-14-12-27(38)13-15-28)22-31(43)30(17-24-9-7-6-8-10-24)40-34(45)33(35(3,4)5)41-32(44)20-39-19-25-18-26(36)11-16-29(25)37/h6-16,18,23,30-31,33,39,43H,17,19-22,38H2,1-5H3,(H,40,45)(H,41,44)/t30?,31?,33-/m1/s1. The number of aliphatic hydroxyl groups is 1. The molecule has 2 unspecified atom stereocenters. The minimum atomic E-state index is -4.04. The maximum Gasteiger partial charge on any atom is 0.243 e. The van der Waals surface area contributed by atoms with Gasteiger partial charge in [0.05, 0.1) is 23.6 Å². The molecule has 0 saturated carbocycles. The molecular formula is C35H47F2N5O5S. The molecule has 0 aliphatic heterocycles. The Kier molecular flexibility index (Phi) is 13.6. The van der Waals surface area contributed by atoms with Crippen molar-refractivity contribution >= 4 is 27.5 Å². The highest BCUT2D eigenvalue weighted by atomic mass is 32.2. The van der Waals surface area contributed by atoms with Crippen LogP contribution in [0.5, 0.6) is 0 Å². The molecule has 3 aromatic carbocycles. The summed E-state index contributed by atoms with van der Waals surface area (Å²) < 4.78 is 56.1. The van der Waals surface area contributed by atoms with E-state index in [4.69, 9.17) is 5.73 Å². The monoisotopic (exact) mass is 687 g/mol. The fourth-order valence-corrected chi connectivity index (χ4v) is 6.72. The van der Waals surface area contributed by atoms with Crippen LogP contribution in [0.3, 0.4) is 0 Å². The SMILES string of the molecule is CC(C)CN(CC(O)C(Cc1ccccc1)NC(=O)[C@@H](NC(=O)CNCc1cc(F)ccc1F)C(C)(C)C)S(=O)(=O)c1ccc(N)cc1. The molecule has 3 atom stereocenters. The highest BCUT2D eigenvalue weighted by molar-refractivity contribution is 7.89. The van der Waals surface area contributed by atoms with Crippen molar-refractivity contribution in [1.82, 2.24) is 20.3 Å². The Hall–Kier alpha value is -3.91. The second kappa shape index (κ2) is 17.0. The molecule has 0 bridgehead atoms. The van der Waals surface area contributed by atoms with E-state index >= 15 is 0 Å². The van der Waals surface area contributed by atoms with Crippen LogP contribution in [0.4, 0.5) is 14.5 Å². The fourth-order valence-electron chi connectivity index (χ4n) is 5.10. The average molecular weight is 688 g/mol. The lowest BCUT2D eigenvalue weighted by Crippen LogP contribution is -2.59. The number of aliphatic hydroxyl groups excluding tert-OH is 1. The van der Waals surface area contributed by atoms with Gasteiger partial charge in [-0.3, -0.25) is 9.59 Å². The third-order valence-electron chi connectivity index (χ3n) is 7.61. The lowest BCUT2D eigenvalue weighted by Gasteiger charge is -2.34. The number of benzene rings is 3. The summed E-state index contributed by atoms with van der Waals surface area (Å²) in [6, 6.07) is 16.0. The van der Waals surface area contributed by atoms with Gasteiger partial charge >= 0.3 is 0 Å². The zero-order chi connectivity index (χ0) is 35.6. The highest BCUT2D eigenvalue weighted by Crippen LogP contribution is 2.22. The first-order valence-corrected chi connectivity index (χ1v) is 17.2. The lowest BCUT2D eigenvalue weighted by atomic mass is 9.85. The molecule has 13 heteroatoms. The summed E-state index contributed by atoms with van der Waals surface area (Å²) >= 11 is 0. The number of nitrogens with one attached hydrogen (secondary N) is 3. The fraction of sp³-hybridized carbons (Fsp3) is 0.429. The van der Waals surface area contributed by atoms with Crippen molar-refractivity contribution in [2.75, 3.05) is 25.4 Å². The molecule has 48 heavy (non-hydrogen) atoms. The van der Waals surface area contributed by atoms with E-state index in [0.29, 0.717) is 5.69 Å². The zero-order valence-electron chi connectivity index (χ0n) is 28.0. The van der Waals surface area contributed by atoms with Gasteiger partial charge in [0.15, 0.2) is 0 Å². The van der Waals surface area contributed by atoms with Crippen LogP contribution in [0.2, 0.25) is 0 Å². The molecule has 0 saturated heterocycles. The minimum Gasteiger partial charge on any atom is -0.399 e. The molecular weight excluding hydrogens is 640 g/mol. The van der Waals surface area contributed by atoms with Crippen molar-refractivity contribution in [3.63, 3.8) is 0 Å². The number of amides is 2. The molecule has 10 nitrogen and oxygen atoms in total. The minimum absolute atomic E-state index is 0.0254. The third-order valence-corrected chi connectivity index (χ3v) is 9.46. The van der Waals surface area contributed by atoms with Crippen molar-refractivity contribution < 1.29 is 31.9 Å². The number of sulfonamides is 1. The van der Waals surface area contributed by atoms with Crippen molar-refractivity contribution in [2.24, 2.45) is 11.3 Å². The maximum absolute atomic E-state index is 14.0. The van der Waals surface area contributed by atoms with Crippen LogP contribution in [-0.4, -0.2) is 67.5 Å². The Morgan fingerprint density at radius 2 is 1.58 bits per heavy atom. The van der Waals surface area contributed by atoms with E-state index in [1.54, 1.807) is 20.8 Å². The largest absolute Gasteiger partial charge is 0.399 e. The third kappa shape index (κ3) is 11.4. The molecule has 0 fully saturated rings. The molecule has 0 heterocycles. The summed E-state index contributed by atoms with van der Waals surface area (Å²) in [6.45, 7) is 8.43. The summed E-state index contributed by atoms with van der Waals surface area (Å²) in [5.74, 6) is -2.44. The van der Waals surface area contributed by atoms with Crippen molar-refractivity contribution in [3.8, 4) is 0 Å². The molecule has 0 radical (unpaired) electrons. The first-order chi connectivity index (χ1) is 22.5. The summed E-state index contributed by atoms with van der Waals surface area (Å²) in [7, 11) is -4.04. The van der Waals surface area contributed by atoms with Gasteiger partial charge < -0.3 is 26.8 Å². The van der Waals surface area contributed by atoms with Gasteiger partial charge in [0.2, 0.25) is 21.8 Å². The predicted octanol–water partition coefficient (Wildman–Crippen LogP) is 3.60. The van der Waals surface area contributed by atoms with E-state index in [0.717, 1.165) is 23.8 Å². The summed E-state index contributed by atoms with van der Waals surface area (Å²) in [5, 5.41) is 20.0. The molecule has 3 aromatic rings. The quantitative estimate of drug-likeness (QED) is 0.144. The average Bonchev–Trinajstić information content (AvgIpc) is 3.00. The number of halogens is 2. The molecule has 2 amide bonds. The van der Waals surface area contributed by atoms with Crippen LogP contribution in [-0.2, 0) is 32.6 Å². The second-order valence-corrected chi connectivity index (χ2v) is 15.3. The predicted molar refractivity (Wildman–Crippen MR) is 182 cm³/mol. The smallest absolute Gasteiger partial charge is 0.243 e. The van der Waals surface area contributed by atoms with E-state index in [9.17, 15) is 31.9 Å². The Morgan fingerprint density at radius 3 is 2.19 bits per heavy atom. The van der Waals surface area contributed by atoms with Crippen LogP contribution < -0.4 is 21.7 Å². The normalized spacial score (nSPS) is 14.0. The molecule has 3 rings (SSSR count). The molecule has 0 aliphatic carbocycles. The van der Waals surface area contributed by atoms with Crippen molar-refractivity contribution in [2.45, 2.75) is 70.7 Å². The van der Waals surface area contributed by atoms with Gasteiger partial charge in [0.25, 0.3) is 0 Å². The van der Waals surface area contributed by atoms with E-state index < -0.39 is 57.1 Å². The van der Waals surface area contributed by atoms with Crippen LogP contribution in [0.15, 0.2) is 77.7 Å². The van der Waals surface area contributed by atoms with E-state index in [1.165, 1.54) is 28.6 Å². The molecule has 0 aliphatic rings. The van der Waals surface area contributed by atoms with Gasteiger partial charge in [0, 0.05) is 30.9 Å². The van der Waals surface area contributed by atoms with Crippen LogP contribution in [0, 0.1) is 23.0 Å². The van der Waals surface area contributed by atoms with Gasteiger partial charge in [0.1, 0.15) is 17.7 Å². The maximum atomic E-state index is 14.0. The number of hydrogen-bond donors (Lipinski definition) is 5. The number of rotatable bonds is 16. The number of carbonyl (C=O) groups excluding carboxylic acids is 2. The number of carbonyl (C=O) groups is 2. The zero-order valence-corrected chi connectivity index (χ0v) is 28.9. The van der Waals surface area contributed by atoms with Gasteiger partial charge in [-0.25, -0.2) is 17.2 Å². The highest BCUT2D eigenvalue weighted by Gasteiger charge is 2.36. The molecule has 262 valence electrons. The first-order valence-electron chi connectivity index (χ1n) is 15.8. The summed E-state index contributed by atoms with van der Waals surface area (Å²) in [4.78, 5) is 26.8. The van der Waals surface area contributed by atoms with Crippen LogP contribution >= 0.6 is 0 Å². The van der Waals surface area contributed by atoms with E-state index in [-0.39, 0.29) is 49.0 Å². The summed E-state index contributed by atoms with van der Waals surface area (Å²) in [6.07, 6.45) is -1.16. The summed E-state index contributed by atoms with van der Waals surface area (Å²) in [5.41, 5.74) is 6.24. The first kappa shape index (κ1) is 38.5. The molecule has 6 N–H and O–H groups in total. The number of nitrogens with two attached hydrogens (primary N) is 1. The van der Waals surface area contributed by atoms with Gasteiger partial charge in [-0.1, -0.05) is 65.0 Å². The Balaban J connectivity index is 1.81. The van der Waals surface area contributed by atoms with E-state index in [2.05, 4.69) is 16.0 Å². The van der Waals surface area contributed by atoms with E-state index in [1.807, 2.05) is 44.2 Å². The Morgan fingerprint density at radius 1 is 0.938 bits per heavy atom. The topological polar surface area (TPSA) is 154 Å². The van der Waals surface area contributed by atoms with Crippen molar-refractivity contribution in [3.05, 3.63) is 95.6 Å². The Bertz CT molecular complexity index is 1620. The Labute approximate surface area is 282 Å². The number of hydrogen-bond acceptors (Lipinski definition) is 7. The van der Waals surface area contributed by atoms with Crippen LogP contribution in [0.1, 0.15) is 45.7 Å². The van der Waals surface area contributed by atoms with Crippen LogP contribution in [0.25, 0.3) is 0 Å². The molecule has 0 spiro atoms. The number of nitrogen functional groups attached to an aromatic ring is 1. The second-order valence-electron chi connectivity index (χ2n) is 13.4. The molecule has 0 aromatic heterocycles. The van der Waals surface area contributed by atoms with Gasteiger partial charge in [-0.2, -0.15) is 4.31 Å². The number of nitrogens with zero attached hydrogens (tertiary/aromatic N) is 1.